The van der Waals surface area contributed by atoms with E-state index in [2.05, 4.69) is 12.1 Å². The number of hydrogen-bond donors (Lipinski definition) is 0. The van der Waals surface area contributed by atoms with Crippen molar-refractivity contribution in [1.82, 2.24) is 0 Å². The molecule has 0 saturated carbocycles. The smallest absolute Gasteiger partial charge is 0.133 e. The van der Waals surface area contributed by atoms with Gasteiger partial charge in [-0.1, -0.05) is 54.6 Å². The van der Waals surface area contributed by atoms with Crippen LogP contribution in [0.25, 0.3) is 11.1 Å². The van der Waals surface area contributed by atoms with Gasteiger partial charge in [0.15, 0.2) is 0 Å². The van der Waals surface area contributed by atoms with Crippen molar-refractivity contribution in [1.29, 1.82) is 5.26 Å². The van der Waals surface area contributed by atoms with E-state index in [1.807, 2.05) is 42.5 Å². The molecule has 2 rings (SSSR count). The number of nitriles is 1. The molecule has 0 heterocycles. The second-order valence-electron chi connectivity index (χ2n) is 3.48. The molecule has 2 aromatic carbocycles. The molecule has 0 amide bonds. The topological polar surface area (TPSA) is 23.8 Å². The summed E-state index contributed by atoms with van der Waals surface area (Å²) in [6.07, 6.45) is 0. The lowest BCUT2D eigenvalue weighted by Gasteiger charge is -2.09. The number of nitrogens with zero attached hydrogens (tertiary/aromatic N) is 1. The van der Waals surface area contributed by atoms with Gasteiger partial charge in [0.25, 0.3) is 0 Å². The van der Waals surface area contributed by atoms with Crippen LogP contribution in [0, 0.1) is 11.3 Å². The van der Waals surface area contributed by atoms with Crippen LogP contribution in [0.15, 0.2) is 54.6 Å². The predicted molar refractivity (Wildman–Crippen MR) is 77.6 cm³/mol. The van der Waals surface area contributed by atoms with E-state index in [4.69, 9.17) is 28.5 Å². The van der Waals surface area contributed by atoms with Gasteiger partial charge in [-0.25, -0.2) is 0 Å². The second-order valence-corrected chi connectivity index (χ2v) is 4.57. The number of rotatable bonds is 2. The van der Waals surface area contributed by atoms with Crippen LogP contribution >= 0.6 is 23.2 Å². The third kappa shape index (κ3) is 4.07. The molecule has 2 aromatic rings. The lowest BCUT2D eigenvalue weighted by Crippen LogP contribution is -1.87. The molecule has 0 aliphatic carbocycles. The highest BCUT2D eigenvalue weighted by atomic mass is 35.5. The van der Waals surface area contributed by atoms with Crippen LogP contribution in [0.2, 0.25) is 0 Å². The zero-order valence-corrected chi connectivity index (χ0v) is 11.5. The molecule has 18 heavy (non-hydrogen) atoms. The minimum atomic E-state index is -0.485. The average Bonchev–Trinajstić information content (AvgIpc) is 2.40. The molecule has 3 heteroatoms. The van der Waals surface area contributed by atoms with Crippen LogP contribution in [0.1, 0.15) is 17.3 Å². The summed E-state index contributed by atoms with van der Waals surface area (Å²) in [7, 11) is 0. The van der Waals surface area contributed by atoms with E-state index in [0.717, 1.165) is 16.7 Å². The van der Waals surface area contributed by atoms with Gasteiger partial charge >= 0.3 is 0 Å². The van der Waals surface area contributed by atoms with Gasteiger partial charge in [0.2, 0.25) is 0 Å². The molecule has 0 N–H and O–H groups in total. The standard InChI is InChI=1S/C13H10Cl2.C2H3N/c14-13(15)12-9-5-4-8-11(12)10-6-2-1-3-7-10;1-2-3/h1-9,13H;1H3. The average molecular weight is 278 g/mol. The van der Waals surface area contributed by atoms with E-state index >= 15 is 0 Å². The van der Waals surface area contributed by atoms with E-state index in [0.29, 0.717) is 0 Å². The van der Waals surface area contributed by atoms with Crippen LogP contribution in [-0.2, 0) is 0 Å². The van der Waals surface area contributed by atoms with Crippen molar-refractivity contribution >= 4 is 23.2 Å². The molecule has 0 radical (unpaired) electrons. The number of alkyl halides is 2. The second kappa shape index (κ2) is 7.76. The molecular weight excluding hydrogens is 265 g/mol. The molecule has 0 aliphatic rings. The van der Waals surface area contributed by atoms with E-state index in [9.17, 15) is 0 Å². The maximum Gasteiger partial charge on any atom is 0.133 e. The van der Waals surface area contributed by atoms with Gasteiger partial charge in [0, 0.05) is 6.92 Å². The molecule has 0 bridgehead atoms. The Bertz CT molecular complexity index is 516. The summed E-state index contributed by atoms with van der Waals surface area (Å²) >= 11 is 11.8. The summed E-state index contributed by atoms with van der Waals surface area (Å²) in [5, 5.41) is 7.32. The Balaban J connectivity index is 0.000000492. The first-order chi connectivity index (χ1) is 8.70. The Morgan fingerprint density at radius 2 is 1.44 bits per heavy atom. The number of benzene rings is 2. The Morgan fingerprint density at radius 1 is 0.944 bits per heavy atom. The summed E-state index contributed by atoms with van der Waals surface area (Å²) in [5.74, 6) is 0. The third-order valence-electron chi connectivity index (χ3n) is 2.28. The Labute approximate surface area is 118 Å². The zero-order valence-electron chi connectivity index (χ0n) is 9.98. The maximum atomic E-state index is 7.32. The van der Waals surface area contributed by atoms with Crippen LogP contribution in [0.5, 0.6) is 0 Å². The monoisotopic (exact) mass is 277 g/mol. The highest BCUT2D eigenvalue weighted by Gasteiger charge is 2.09. The van der Waals surface area contributed by atoms with Gasteiger partial charge in [-0.2, -0.15) is 5.26 Å². The first-order valence-corrected chi connectivity index (χ1v) is 6.31. The maximum absolute atomic E-state index is 7.32. The summed E-state index contributed by atoms with van der Waals surface area (Å²) in [4.78, 5) is -0.485. The molecule has 92 valence electrons. The number of halogens is 2. The summed E-state index contributed by atoms with van der Waals surface area (Å²) in [6, 6.07) is 19.8. The van der Waals surface area contributed by atoms with Gasteiger partial charge in [0.1, 0.15) is 4.84 Å². The van der Waals surface area contributed by atoms with Crippen molar-refractivity contribution in [3.63, 3.8) is 0 Å². The molecule has 0 spiro atoms. The summed E-state index contributed by atoms with van der Waals surface area (Å²) < 4.78 is 0. The van der Waals surface area contributed by atoms with E-state index < -0.39 is 4.84 Å². The third-order valence-corrected chi connectivity index (χ3v) is 2.75. The summed E-state index contributed by atoms with van der Waals surface area (Å²) in [5.41, 5.74) is 3.18. The van der Waals surface area contributed by atoms with Crippen LogP contribution in [0.3, 0.4) is 0 Å². The lowest BCUT2D eigenvalue weighted by molar-refractivity contribution is 1.35. The predicted octanol–water partition coefficient (Wildman–Crippen LogP) is 5.36. The minimum Gasteiger partial charge on any atom is -0.199 e. The fourth-order valence-electron chi connectivity index (χ4n) is 1.57. The molecule has 0 atom stereocenters. The van der Waals surface area contributed by atoms with Crippen LogP contribution in [-0.4, -0.2) is 0 Å². The van der Waals surface area contributed by atoms with E-state index in [1.54, 1.807) is 6.07 Å². The van der Waals surface area contributed by atoms with Gasteiger partial charge in [0.05, 0.1) is 6.07 Å². The fourth-order valence-corrected chi connectivity index (χ4v) is 1.95. The Morgan fingerprint density at radius 3 is 2.00 bits per heavy atom. The van der Waals surface area contributed by atoms with E-state index in [-0.39, 0.29) is 0 Å². The van der Waals surface area contributed by atoms with Gasteiger partial charge in [-0.05, 0) is 16.7 Å². The zero-order chi connectivity index (χ0) is 13.4. The first kappa shape index (κ1) is 14.6. The molecule has 1 nitrogen and oxygen atoms in total. The lowest BCUT2D eigenvalue weighted by atomic mass is 10.0. The van der Waals surface area contributed by atoms with Crippen molar-refractivity contribution in [2.75, 3.05) is 0 Å². The van der Waals surface area contributed by atoms with Crippen molar-refractivity contribution in [3.05, 3.63) is 60.2 Å². The Hall–Kier alpha value is -1.49. The Kier molecular flexibility index (Phi) is 6.28. The fraction of sp³-hybridized carbons (Fsp3) is 0.133. The van der Waals surface area contributed by atoms with Crippen molar-refractivity contribution in [2.24, 2.45) is 0 Å². The van der Waals surface area contributed by atoms with Crippen molar-refractivity contribution < 1.29 is 0 Å². The molecule has 0 aliphatic heterocycles. The normalized spacial score (nSPS) is 9.28. The minimum absolute atomic E-state index is 0.485. The number of hydrogen-bond acceptors (Lipinski definition) is 1. The molecule has 0 unspecified atom stereocenters. The molecule has 0 saturated heterocycles. The van der Waals surface area contributed by atoms with Crippen molar-refractivity contribution in [2.45, 2.75) is 11.8 Å². The quantitative estimate of drug-likeness (QED) is 0.678. The highest BCUT2D eigenvalue weighted by Crippen LogP contribution is 2.33. The van der Waals surface area contributed by atoms with Crippen LogP contribution in [0.4, 0.5) is 0 Å². The first-order valence-electron chi connectivity index (χ1n) is 5.44. The molecule has 0 aromatic heterocycles. The van der Waals surface area contributed by atoms with Crippen molar-refractivity contribution in [3.8, 4) is 17.2 Å². The highest BCUT2D eigenvalue weighted by molar-refractivity contribution is 6.44. The molecule has 0 fully saturated rings. The SMILES string of the molecule is CC#N.ClC(Cl)c1ccccc1-c1ccccc1. The van der Waals surface area contributed by atoms with Gasteiger partial charge in [-0.3, -0.25) is 0 Å². The van der Waals surface area contributed by atoms with E-state index in [1.165, 1.54) is 6.92 Å². The largest absolute Gasteiger partial charge is 0.199 e. The van der Waals surface area contributed by atoms with Gasteiger partial charge in [-0.15, -0.1) is 23.2 Å². The molecular formula is C15H13Cl2N. The summed E-state index contributed by atoms with van der Waals surface area (Å²) in [6.45, 7) is 1.43. The van der Waals surface area contributed by atoms with Gasteiger partial charge < -0.3 is 0 Å². The van der Waals surface area contributed by atoms with Crippen LogP contribution < -0.4 is 0 Å².